The molecule has 1 saturated carbocycles. The first kappa shape index (κ1) is 16.0. The Bertz CT molecular complexity index is 594. The summed E-state index contributed by atoms with van der Waals surface area (Å²) in [5.74, 6) is -1.17. The third-order valence-corrected chi connectivity index (χ3v) is 5.47. The van der Waals surface area contributed by atoms with E-state index in [0.717, 1.165) is 25.9 Å². The Kier molecular flexibility index (Phi) is 4.64. The number of likely N-dealkylation sites (tertiary alicyclic amines) is 1. The van der Waals surface area contributed by atoms with Crippen LogP contribution in [0.4, 0.5) is 0 Å². The van der Waals surface area contributed by atoms with Crippen LogP contribution < -0.4 is 0 Å². The fraction of sp³-hybridized carbons (Fsp3) is 0.611. The van der Waals surface area contributed by atoms with Gasteiger partial charge < -0.3 is 10.0 Å². The van der Waals surface area contributed by atoms with Crippen molar-refractivity contribution in [2.75, 3.05) is 13.1 Å². The van der Waals surface area contributed by atoms with Gasteiger partial charge in [-0.25, -0.2) is 4.79 Å². The van der Waals surface area contributed by atoms with Crippen LogP contribution in [0.15, 0.2) is 18.3 Å². The molecule has 1 aliphatic heterocycles. The molecule has 0 radical (unpaired) electrons. The van der Waals surface area contributed by atoms with Crippen molar-refractivity contribution in [1.82, 2.24) is 9.88 Å². The molecule has 5 nitrogen and oxygen atoms in total. The number of amides is 1. The minimum atomic E-state index is -1.03. The van der Waals surface area contributed by atoms with Gasteiger partial charge in [0.2, 0.25) is 0 Å². The molecule has 0 unspecified atom stereocenters. The number of aromatic carboxylic acids is 1. The molecule has 5 heteroatoms. The topological polar surface area (TPSA) is 70.5 Å². The monoisotopic (exact) mass is 316 g/mol. The first-order chi connectivity index (χ1) is 11.1. The summed E-state index contributed by atoms with van der Waals surface area (Å²) >= 11 is 0. The SMILES string of the molecule is O=C(O)c1ccnc(C(=O)N2CCCC3(CCCCC3)CC2)c1. The number of aromatic nitrogens is 1. The van der Waals surface area contributed by atoms with E-state index in [1.54, 1.807) is 0 Å². The average molecular weight is 316 g/mol. The number of pyridine rings is 1. The van der Waals surface area contributed by atoms with Gasteiger partial charge in [0.25, 0.3) is 5.91 Å². The van der Waals surface area contributed by atoms with Gasteiger partial charge in [0.15, 0.2) is 0 Å². The second-order valence-electron chi connectivity index (χ2n) is 6.94. The van der Waals surface area contributed by atoms with E-state index in [2.05, 4.69) is 4.98 Å². The summed E-state index contributed by atoms with van der Waals surface area (Å²) in [6.45, 7) is 1.51. The lowest BCUT2D eigenvalue weighted by molar-refractivity contribution is 0.0696. The summed E-state index contributed by atoms with van der Waals surface area (Å²) in [7, 11) is 0. The van der Waals surface area contributed by atoms with Gasteiger partial charge in [-0.1, -0.05) is 19.3 Å². The highest BCUT2D eigenvalue weighted by atomic mass is 16.4. The number of carbonyl (C=O) groups is 2. The molecule has 1 aliphatic carbocycles. The van der Waals surface area contributed by atoms with Crippen LogP contribution in [0.1, 0.15) is 72.2 Å². The zero-order valence-corrected chi connectivity index (χ0v) is 13.5. The summed E-state index contributed by atoms with van der Waals surface area (Å²) in [6, 6.07) is 2.80. The molecule has 124 valence electrons. The summed E-state index contributed by atoms with van der Waals surface area (Å²) in [5.41, 5.74) is 0.787. The highest BCUT2D eigenvalue weighted by molar-refractivity contribution is 5.95. The number of rotatable bonds is 2. The quantitative estimate of drug-likeness (QED) is 0.908. The number of nitrogens with zero attached hydrogens (tertiary/aromatic N) is 2. The minimum Gasteiger partial charge on any atom is -0.478 e. The number of hydrogen-bond acceptors (Lipinski definition) is 3. The summed E-state index contributed by atoms with van der Waals surface area (Å²) in [6.07, 6.45) is 11.3. The van der Waals surface area contributed by atoms with Crippen molar-refractivity contribution < 1.29 is 14.7 Å². The third-order valence-electron chi connectivity index (χ3n) is 5.47. The molecule has 2 fully saturated rings. The number of hydrogen-bond donors (Lipinski definition) is 1. The molecular formula is C18H24N2O3. The number of carbonyl (C=O) groups excluding carboxylic acids is 1. The molecule has 23 heavy (non-hydrogen) atoms. The molecule has 2 heterocycles. The van der Waals surface area contributed by atoms with Crippen molar-refractivity contribution in [3.05, 3.63) is 29.6 Å². The molecule has 3 rings (SSSR count). The smallest absolute Gasteiger partial charge is 0.335 e. The predicted molar refractivity (Wildman–Crippen MR) is 86.5 cm³/mol. The molecule has 1 saturated heterocycles. The summed E-state index contributed by atoms with van der Waals surface area (Å²) in [5, 5.41) is 9.06. The van der Waals surface area contributed by atoms with Gasteiger partial charge in [-0.3, -0.25) is 9.78 Å². The van der Waals surface area contributed by atoms with Crippen LogP contribution in [-0.2, 0) is 0 Å². The maximum atomic E-state index is 12.7. The fourth-order valence-corrected chi connectivity index (χ4v) is 4.10. The molecule has 1 spiro atoms. The van der Waals surface area contributed by atoms with Crippen LogP contribution in [0.3, 0.4) is 0 Å². The molecule has 1 amide bonds. The van der Waals surface area contributed by atoms with E-state index in [-0.39, 0.29) is 17.2 Å². The van der Waals surface area contributed by atoms with Crippen molar-refractivity contribution in [3.8, 4) is 0 Å². The Morgan fingerprint density at radius 1 is 1.04 bits per heavy atom. The van der Waals surface area contributed by atoms with Crippen LogP contribution >= 0.6 is 0 Å². The van der Waals surface area contributed by atoms with Crippen molar-refractivity contribution in [3.63, 3.8) is 0 Å². The van der Waals surface area contributed by atoms with Crippen LogP contribution in [0, 0.1) is 5.41 Å². The van der Waals surface area contributed by atoms with Crippen LogP contribution in [0.25, 0.3) is 0 Å². The van der Waals surface area contributed by atoms with Crippen molar-refractivity contribution >= 4 is 11.9 Å². The van der Waals surface area contributed by atoms with Gasteiger partial charge in [-0.15, -0.1) is 0 Å². The molecule has 0 aromatic carbocycles. The molecule has 1 aromatic rings. The lowest BCUT2D eigenvalue weighted by atomic mass is 9.69. The lowest BCUT2D eigenvalue weighted by Gasteiger charge is -2.36. The Morgan fingerprint density at radius 3 is 2.52 bits per heavy atom. The summed E-state index contributed by atoms with van der Waals surface area (Å²) < 4.78 is 0. The van der Waals surface area contributed by atoms with Gasteiger partial charge in [0, 0.05) is 19.3 Å². The van der Waals surface area contributed by atoms with E-state index in [4.69, 9.17) is 5.11 Å². The molecule has 0 atom stereocenters. The minimum absolute atomic E-state index is 0.113. The second kappa shape index (κ2) is 6.69. The first-order valence-electron chi connectivity index (χ1n) is 8.58. The predicted octanol–water partition coefficient (Wildman–Crippen LogP) is 3.36. The fourth-order valence-electron chi connectivity index (χ4n) is 4.10. The van der Waals surface area contributed by atoms with E-state index >= 15 is 0 Å². The van der Waals surface area contributed by atoms with E-state index in [1.165, 1.54) is 56.9 Å². The van der Waals surface area contributed by atoms with E-state index in [9.17, 15) is 9.59 Å². The Balaban J connectivity index is 1.70. The number of carboxylic acid groups (broad SMARTS) is 1. The van der Waals surface area contributed by atoms with Gasteiger partial charge in [-0.2, -0.15) is 0 Å². The molecular weight excluding hydrogens is 292 g/mol. The van der Waals surface area contributed by atoms with E-state index in [0.29, 0.717) is 5.41 Å². The van der Waals surface area contributed by atoms with Crippen LogP contribution in [0.5, 0.6) is 0 Å². The van der Waals surface area contributed by atoms with E-state index in [1.807, 2.05) is 4.90 Å². The van der Waals surface area contributed by atoms with Crippen molar-refractivity contribution in [2.45, 2.75) is 51.4 Å². The van der Waals surface area contributed by atoms with Crippen LogP contribution in [-0.4, -0.2) is 40.0 Å². The maximum absolute atomic E-state index is 12.7. The van der Waals surface area contributed by atoms with Gasteiger partial charge >= 0.3 is 5.97 Å². The third kappa shape index (κ3) is 3.54. The largest absolute Gasteiger partial charge is 0.478 e. The Labute approximate surface area is 136 Å². The molecule has 2 aliphatic rings. The number of carboxylic acids is 1. The highest BCUT2D eigenvalue weighted by Crippen LogP contribution is 2.44. The Morgan fingerprint density at radius 2 is 1.78 bits per heavy atom. The van der Waals surface area contributed by atoms with Crippen molar-refractivity contribution in [1.29, 1.82) is 0 Å². The molecule has 1 aromatic heterocycles. The standard InChI is InChI=1S/C18H24N2O3/c21-16(15-13-14(17(22)23)5-10-19-15)20-11-4-8-18(9-12-20)6-2-1-3-7-18/h5,10,13H,1-4,6-9,11-12H2,(H,22,23). The van der Waals surface area contributed by atoms with Gasteiger partial charge in [0.1, 0.15) is 5.69 Å². The first-order valence-corrected chi connectivity index (χ1v) is 8.58. The zero-order valence-electron chi connectivity index (χ0n) is 13.5. The van der Waals surface area contributed by atoms with Crippen molar-refractivity contribution in [2.24, 2.45) is 5.41 Å². The Hall–Kier alpha value is -1.91. The zero-order chi connectivity index (χ0) is 16.3. The highest BCUT2D eigenvalue weighted by Gasteiger charge is 2.35. The van der Waals surface area contributed by atoms with Gasteiger partial charge in [-0.05, 0) is 49.7 Å². The molecule has 1 N–H and O–H groups in total. The maximum Gasteiger partial charge on any atom is 0.335 e. The second-order valence-corrected chi connectivity index (χ2v) is 6.94. The lowest BCUT2D eigenvalue weighted by Crippen LogP contribution is -2.33. The average Bonchev–Trinajstić information content (AvgIpc) is 2.78. The summed E-state index contributed by atoms with van der Waals surface area (Å²) in [4.78, 5) is 29.7. The normalized spacial score (nSPS) is 21.0. The molecule has 0 bridgehead atoms. The van der Waals surface area contributed by atoms with E-state index < -0.39 is 5.97 Å². The van der Waals surface area contributed by atoms with Gasteiger partial charge in [0.05, 0.1) is 5.56 Å². The van der Waals surface area contributed by atoms with Crippen LogP contribution in [0.2, 0.25) is 0 Å².